The lowest BCUT2D eigenvalue weighted by Crippen LogP contribution is -2.29. The van der Waals surface area contributed by atoms with Crippen LogP contribution in [0.5, 0.6) is 0 Å². The number of nitrogens with zero attached hydrogens (tertiary/aromatic N) is 4. The maximum absolute atomic E-state index is 12.3. The number of anilines is 1. The van der Waals surface area contributed by atoms with Crippen molar-refractivity contribution in [2.24, 2.45) is 0 Å². The topological polar surface area (TPSA) is 101 Å². The van der Waals surface area contributed by atoms with E-state index >= 15 is 0 Å². The van der Waals surface area contributed by atoms with Crippen LogP contribution in [-0.2, 0) is 11.2 Å². The van der Waals surface area contributed by atoms with Crippen LogP contribution in [0.4, 0.5) is 5.69 Å². The third-order valence-electron chi connectivity index (χ3n) is 4.99. The van der Waals surface area contributed by atoms with E-state index < -0.39 is 0 Å². The van der Waals surface area contributed by atoms with E-state index in [1.807, 2.05) is 41.3 Å². The number of likely N-dealkylation sites (tertiary alicyclic amines) is 1. The molecule has 0 unspecified atom stereocenters. The van der Waals surface area contributed by atoms with E-state index in [2.05, 4.69) is 10.3 Å². The zero-order valence-electron chi connectivity index (χ0n) is 15.5. The molecule has 2 heterocycles. The first-order valence-electron chi connectivity index (χ1n) is 9.35. The fraction of sp³-hybridized carbons (Fsp3) is 0.238. The largest absolute Gasteiger partial charge is 0.398 e. The van der Waals surface area contributed by atoms with E-state index in [0.29, 0.717) is 23.4 Å². The third kappa shape index (κ3) is 3.64. The molecule has 0 bridgehead atoms. The highest BCUT2D eigenvalue weighted by atomic mass is 16.2. The summed E-state index contributed by atoms with van der Waals surface area (Å²) in [4.78, 5) is 14.2. The quantitative estimate of drug-likeness (QED) is 0.529. The molecule has 28 heavy (non-hydrogen) atoms. The van der Waals surface area contributed by atoms with Crippen LogP contribution >= 0.6 is 0 Å². The van der Waals surface area contributed by atoms with Gasteiger partial charge < -0.3 is 10.6 Å². The minimum absolute atomic E-state index is 0.183. The Morgan fingerprint density at radius 1 is 1.07 bits per heavy atom. The highest BCUT2D eigenvalue weighted by Crippen LogP contribution is 2.17. The van der Waals surface area contributed by atoms with Crippen LogP contribution in [0.1, 0.15) is 29.7 Å². The molecular formula is C21H22N6O. The minimum Gasteiger partial charge on any atom is -0.398 e. The summed E-state index contributed by atoms with van der Waals surface area (Å²) >= 11 is 0. The predicted molar refractivity (Wildman–Crippen MR) is 108 cm³/mol. The molecule has 142 valence electrons. The summed E-state index contributed by atoms with van der Waals surface area (Å²) < 4.78 is 1.62. The maximum Gasteiger partial charge on any atom is 0.226 e. The molecule has 7 nitrogen and oxygen atoms in total. The molecule has 3 N–H and O–H groups in total. The second-order valence-corrected chi connectivity index (χ2v) is 6.94. The van der Waals surface area contributed by atoms with Crippen molar-refractivity contribution in [1.29, 1.82) is 5.41 Å². The highest BCUT2D eigenvalue weighted by molar-refractivity contribution is 6.12. The lowest BCUT2D eigenvalue weighted by atomic mass is 10.1. The average molecular weight is 374 g/mol. The summed E-state index contributed by atoms with van der Waals surface area (Å²) in [6.45, 7) is 1.74. The fourth-order valence-corrected chi connectivity index (χ4v) is 3.39. The standard InChI is InChI=1S/C21H22N6O/c22-18-6-2-1-5-17(18)21(23)19-14-27(25-24-19)16-9-7-15(8-10-16)13-20(28)26-11-3-4-12-26/h1-2,5-10,14,23H,3-4,11-13,22H2. The van der Waals surface area contributed by atoms with Gasteiger partial charge >= 0.3 is 0 Å². The Labute approximate surface area is 163 Å². The summed E-state index contributed by atoms with van der Waals surface area (Å²) in [5.41, 5.74) is 9.60. The summed E-state index contributed by atoms with van der Waals surface area (Å²) in [5, 5.41) is 16.6. The summed E-state index contributed by atoms with van der Waals surface area (Å²) in [6, 6.07) is 14.9. The van der Waals surface area contributed by atoms with Crippen LogP contribution in [0.15, 0.2) is 54.7 Å². The number of rotatable bonds is 5. The average Bonchev–Trinajstić information content (AvgIpc) is 3.41. The molecule has 0 saturated carbocycles. The number of benzene rings is 2. The van der Waals surface area contributed by atoms with Crippen LogP contribution in [0.3, 0.4) is 0 Å². The van der Waals surface area contributed by atoms with Gasteiger partial charge in [0.25, 0.3) is 0 Å². The fourth-order valence-electron chi connectivity index (χ4n) is 3.39. The number of aromatic nitrogens is 3. The van der Waals surface area contributed by atoms with Crippen molar-refractivity contribution < 1.29 is 4.79 Å². The number of amides is 1. The van der Waals surface area contributed by atoms with Gasteiger partial charge in [0.1, 0.15) is 5.69 Å². The van der Waals surface area contributed by atoms with E-state index in [1.165, 1.54) is 0 Å². The van der Waals surface area contributed by atoms with Crippen LogP contribution in [-0.4, -0.2) is 44.6 Å². The number of nitrogens with one attached hydrogen (secondary N) is 1. The number of nitrogens with two attached hydrogens (primary N) is 1. The Hall–Kier alpha value is -3.48. The van der Waals surface area contributed by atoms with Gasteiger partial charge in [-0.25, -0.2) is 4.68 Å². The number of carbonyl (C=O) groups is 1. The van der Waals surface area contributed by atoms with Gasteiger partial charge in [0.05, 0.1) is 24.0 Å². The molecule has 0 spiro atoms. The summed E-state index contributed by atoms with van der Waals surface area (Å²) in [5.74, 6) is 0.183. The molecule has 1 amide bonds. The van der Waals surface area contributed by atoms with Gasteiger partial charge in [-0.15, -0.1) is 5.10 Å². The first-order chi connectivity index (χ1) is 13.6. The van der Waals surface area contributed by atoms with Crippen LogP contribution < -0.4 is 5.73 Å². The Morgan fingerprint density at radius 2 is 1.79 bits per heavy atom. The number of hydrogen-bond acceptors (Lipinski definition) is 5. The van der Waals surface area contributed by atoms with Gasteiger partial charge in [0, 0.05) is 24.3 Å². The Bertz CT molecular complexity index is 1000. The minimum atomic E-state index is 0.183. The monoisotopic (exact) mass is 374 g/mol. The molecule has 2 aromatic carbocycles. The molecule has 0 aliphatic carbocycles. The SMILES string of the molecule is N=C(c1cn(-c2ccc(CC(=O)N3CCCC3)cc2)nn1)c1ccccc1N. The predicted octanol–water partition coefficient (Wildman–Crippen LogP) is 2.43. The summed E-state index contributed by atoms with van der Waals surface area (Å²) in [6.07, 6.45) is 4.33. The Morgan fingerprint density at radius 3 is 2.50 bits per heavy atom. The maximum atomic E-state index is 12.3. The van der Waals surface area contributed by atoms with Gasteiger partial charge in [0.2, 0.25) is 5.91 Å². The number of nitrogen functional groups attached to an aromatic ring is 1. The second-order valence-electron chi connectivity index (χ2n) is 6.94. The van der Waals surface area contributed by atoms with Crippen molar-refractivity contribution in [2.45, 2.75) is 19.3 Å². The summed E-state index contributed by atoms with van der Waals surface area (Å²) in [7, 11) is 0. The number of carbonyl (C=O) groups excluding carboxylic acids is 1. The van der Waals surface area contributed by atoms with E-state index in [0.717, 1.165) is 37.2 Å². The van der Waals surface area contributed by atoms with Crippen LogP contribution in [0.25, 0.3) is 5.69 Å². The van der Waals surface area contributed by atoms with Gasteiger partial charge in [-0.1, -0.05) is 35.5 Å². The molecule has 1 aliphatic rings. The molecule has 1 aromatic heterocycles. The Balaban J connectivity index is 1.47. The van der Waals surface area contributed by atoms with Gasteiger partial charge in [0.15, 0.2) is 0 Å². The molecule has 3 aromatic rings. The number of hydrogen-bond donors (Lipinski definition) is 2. The lowest BCUT2D eigenvalue weighted by Gasteiger charge is -2.15. The van der Waals surface area contributed by atoms with Gasteiger partial charge in [-0.2, -0.15) is 0 Å². The molecular weight excluding hydrogens is 352 g/mol. The van der Waals surface area contributed by atoms with E-state index in [-0.39, 0.29) is 11.6 Å². The van der Waals surface area contributed by atoms with E-state index in [1.54, 1.807) is 23.0 Å². The van der Waals surface area contributed by atoms with Crippen molar-refractivity contribution in [1.82, 2.24) is 19.9 Å². The first-order valence-corrected chi connectivity index (χ1v) is 9.35. The van der Waals surface area contributed by atoms with Crippen LogP contribution in [0, 0.1) is 5.41 Å². The van der Waals surface area contributed by atoms with Gasteiger partial charge in [-0.3, -0.25) is 10.2 Å². The molecule has 1 aliphatic heterocycles. The molecule has 0 atom stereocenters. The normalized spacial score (nSPS) is 13.6. The van der Waals surface area contributed by atoms with Gasteiger partial charge in [-0.05, 0) is 36.6 Å². The molecule has 0 radical (unpaired) electrons. The zero-order valence-corrected chi connectivity index (χ0v) is 15.5. The highest BCUT2D eigenvalue weighted by Gasteiger charge is 2.18. The molecule has 1 fully saturated rings. The molecule has 1 saturated heterocycles. The van der Waals surface area contributed by atoms with E-state index in [9.17, 15) is 4.79 Å². The van der Waals surface area contributed by atoms with Crippen molar-refractivity contribution in [3.63, 3.8) is 0 Å². The first kappa shape index (κ1) is 17.9. The van der Waals surface area contributed by atoms with Crippen molar-refractivity contribution in [3.8, 4) is 5.69 Å². The smallest absolute Gasteiger partial charge is 0.226 e. The second kappa shape index (κ2) is 7.64. The van der Waals surface area contributed by atoms with Crippen LogP contribution in [0.2, 0.25) is 0 Å². The van der Waals surface area contributed by atoms with Crippen molar-refractivity contribution in [2.75, 3.05) is 18.8 Å². The van der Waals surface area contributed by atoms with E-state index in [4.69, 9.17) is 11.1 Å². The third-order valence-corrected chi connectivity index (χ3v) is 4.99. The Kier molecular flexibility index (Phi) is 4.89. The van der Waals surface area contributed by atoms with Crippen molar-refractivity contribution >= 4 is 17.3 Å². The zero-order chi connectivity index (χ0) is 19.5. The molecule has 7 heteroatoms. The lowest BCUT2D eigenvalue weighted by molar-refractivity contribution is -0.129. The van der Waals surface area contributed by atoms with Crippen molar-refractivity contribution in [3.05, 3.63) is 71.5 Å². The number of para-hydroxylation sites is 1. The molecule has 4 rings (SSSR count).